The highest BCUT2D eigenvalue weighted by Crippen LogP contribution is 2.22. The van der Waals surface area contributed by atoms with Crippen molar-refractivity contribution in [3.63, 3.8) is 0 Å². The van der Waals surface area contributed by atoms with Crippen LogP contribution in [0.2, 0.25) is 5.02 Å². The van der Waals surface area contributed by atoms with Crippen molar-refractivity contribution in [1.82, 2.24) is 9.80 Å². The molecule has 2 rings (SSSR count). The number of carbonyl (C=O) groups excluding carboxylic acids is 2. The Balaban J connectivity index is 1.85. The third kappa shape index (κ3) is 4.71. The molecule has 132 valence electrons. The summed E-state index contributed by atoms with van der Waals surface area (Å²) in [6.07, 6.45) is 1.35. The average Bonchev–Trinajstić information content (AvgIpc) is 2.61. The molecule has 1 aliphatic heterocycles. The summed E-state index contributed by atoms with van der Waals surface area (Å²) < 4.78 is 4.78. The van der Waals surface area contributed by atoms with Crippen molar-refractivity contribution in [2.75, 3.05) is 33.8 Å². The van der Waals surface area contributed by atoms with Crippen LogP contribution >= 0.6 is 11.6 Å². The summed E-state index contributed by atoms with van der Waals surface area (Å²) in [7, 11) is 3.35. The zero-order chi connectivity index (χ0) is 17.7. The lowest BCUT2D eigenvalue weighted by atomic mass is 9.97. The van der Waals surface area contributed by atoms with Gasteiger partial charge in [-0.25, -0.2) is 0 Å². The third-order valence-corrected chi connectivity index (χ3v) is 5.03. The van der Waals surface area contributed by atoms with Crippen LogP contribution in [0.25, 0.3) is 0 Å². The van der Waals surface area contributed by atoms with Gasteiger partial charge in [0.1, 0.15) is 0 Å². The molecule has 1 amide bonds. The lowest BCUT2D eigenvalue weighted by Crippen LogP contribution is -2.44. The minimum absolute atomic E-state index is 0.0789. The van der Waals surface area contributed by atoms with Crippen LogP contribution < -0.4 is 0 Å². The molecule has 0 N–H and O–H groups in total. The van der Waals surface area contributed by atoms with Gasteiger partial charge in [-0.1, -0.05) is 23.7 Å². The van der Waals surface area contributed by atoms with E-state index in [0.717, 1.165) is 5.56 Å². The first-order valence-electron chi connectivity index (χ1n) is 8.23. The van der Waals surface area contributed by atoms with Crippen LogP contribution in [-0.2, 0) is 14.3 Å². The van der Waals surface area contributed by atoms with Gasteiger partial charge in [0.2, 0.25) is 5.91 Å². The highest BCUT2D eigenvalue weighted by Gasteiger charge is 2.28. The molecular weight excluding hydrogens is 328 g/mol. The second-order valence-electron chi connectivity index (χ2n) is 6.32. The van der Waals surface area contributed by atoms with Crippen molar-refractivity contribution in [1.29, 1.82) is 0 Å². The number of methoxy groups -OCH3 is 1. The molecule has 6 heteroatoms. The van der Waals surface area contributed by atoms with Gasteiger partial charge in [0, 0.05) is 24.2 Å². The summed E-state index contributed by atoms with van der Waals surface area (Å²) in [5, 5.41) is 0.707. The Morgan fingerprint density at radius 1 is 1.29 bits per heavy atom. The number of rotatable bonds is 5. The maximum Gasteiger partial charge on any atom is 0.308 e. The van der Waals surface area contributed by atoms with Crippen molar-refractivity contribution < 1.29 is 14.3 Å². The topological polar surface area (TPSA) is 49.9 Å². The molecule has 1 aliphatic rings. The van der Waals surface area contributed by atoms with Gasteiger partial charge in [0.05, 0.1) is 19.6 Å². The lowest BCUT2D eigenvalue weighted by molar-refractivity contribution is -0.149. The fraction of sp³-hybridized carbons (Fsp3) is 0.556. The second-order valence-corrected chi connectivity index (χ2v) is 6.76. The smallest absolute Gasteiger partial charge is 0.308 e. The fourth-order valence-electron chi connectivity index (χ4n) is 2.98. The predicted octanol–water partition coefficient (Wildman–Crippen LogP) is 2.74. The number of piperidine rings is 1. The number of likely N-dealkylation sites (tertiary alicyclic amines) is 1. The molecule has 24 heavy (non-hydrogen) atoms. The van der Waals surface area contributed by atoms with Gasteiger partial charge in [0.25, 0.3) is 0 Å². The number of halogens is 1. The molecule has 5 nitrogen and oxygen atoms in total. The zero-order valence-corrected chi connectivity index (χ0v) is 15.3. The number of hydrogen-bond donors (Lipinski definition) is 0. The molecule has 1 fully saturated rings. The molecule has 1 atom stereocenters. The summed E-state index contributed by atoms with van der Waals surface area (Å²) in [5.74, 6) is -0.151. The Morgan fingerprint density at radius 3 is 2.42 bits per heavy atom. The first-order valence-corrected chi connectivity index (χ1v) is 8.61. The molecule has 0 bridgehead atoms. The largest absolute Gasteiger partial charge is 0.469 e. The number of amides is 1. The molecular formula is C18H25ClN2O3. The number of hydrogen-bond acceptors (Lipinski definition) is 4. The van der Waals surface area contributed by atoms with E-state index in [1.807, 2.05) is 41.1 Å². The van der Waals surface area contributed by atoms with Crippen LogP contribution in [0, 0.1) is 5.92 Å². The molecule has 0 aromatic heterocycles. The van der Waals surface area contributed by atoms with E-state index in [9.17, 15) is 9.59 Å². The number of esters is 1. The van der Waals surface area contributed by atoms with Crippen molar-refractivity contribution in [2.45, 2.75) is 25.8 Å². The van der Waals surface area contributed by atoms with Crippen LogP contribution in [0.5, 0.6) is 0 Å². The first kappa shape index (κ1) is 18.7. The highest BCUT2D eigenvalue weighted by molar-refractivity contribution is 6.30. The second kappa shape index (κ2) is 8.49. The van der Waals surface area contributed by atoms with E-state index in [-0.39, 0.29) is 23.8 Å². The van der Waals surface area contributed by atoms with E-state index >= 15 is 0 Å². The van der Waals surface area contributed by atoms with E-state index in [0.29, 0.717) is 37.5 Å². The Bertz CT molecular complexity index is 568. The van der Waals surface area contributed by atoms with Crippen molar-refractivity contribution in [3.8, 4) is 0 Å². The molecule has 1 saturated heterocycles. The average molecular weight is 353 g/mol. The Morgan fingerprint density at radius 2 is 1.88 bits per heavy atom. The Labute approximate surface area is 148 Å². The summed E-state index contributed by atoms with van der Waals surface area (Å²) in [5.41, 5.74) is 1.12. The van der Waals surface area contributed by atoms with Gasteiger partial charge < -0.3 is 9.64 Å². The minimum atomic E-state index is -0.171. The van der Waals surface area contributed by atoms with E-state index < -0.39 is 0 Å². The minimum Gasteiger partial charge on any atom is -0.469 e. The number of carbonyl (C=O) groups is 2. The third-order valence-electron chi connectivity index (χ3n) is 4.78. The van der Waals surface area contributed by atoms with Gasteiger partial charge >= 0.3 is 5.97 Å². The number of likely N-dealkylation sites (N-methyl/N-ethyl adjacent to an activating group) is 1. The number of ether oxygens (including phenoxy) is 1. The van der Waals surface area contributed by atoms with E-state index in [4.69, 9.17) is 16.3 Å². The SMILES string of the molecule is COC(=O)C1CCN(C(=O)CN(C)[C@H](C)c2ccc(Cl)cc2)CC1. The Hall–Kier alpha value is -1.59. The quantitative estimate of drug-likeness (QED) is 0.764. The predicted molar refractivity (Wildman–Crippen MR) is 93.8 cm³/mol. The number of nitrogens with zero attached hydrogens (tertiary/aromatic N) is 2. The lowest BCUT2D eigenvalue weighted by Gasteiger charge is -2.33. The van der Waals surface area contributed by atoms with Crippen molar-refractivity contribution in [2.24, 2.45) is 5.92 Å². The maximum absolute atomic E-state index is 12.5. The zero-order valence-electron chi connectivity index (χ0n) is 14.5. The Kier molecular flexibility index (Phi) is 6.63. The van der Waals surface area contributed by atoms with Crippen LogP contribution in [0.3, 0.4) is 0 Å². The molecule has 0 aliphatic carbocycles. The molecule has 1 aromatic rings. The van der Waals surface area contributed by atoms with Gasteiger partial charge in [-0.15, -0.1) is 0 Å². The van der Waals surface area contributed by atoms with Crippen LogP contribution in [0.15, 0.2) is 24.3 Å². The first-order chi connectivity index (χ1) is 11.4. The van der Waals surface area contributed by atoms with Crippen LogP contribution in [0.1, 0.15) is 31.4 Å². The van der Waals surface area contributed by atoms with Crippen molar-refractivity contribution >= 4 is 23.5 Å². The summed E-state index contributed by atoms with van der Waals surface area (Å²) in [6.45, 7) is 3.65. The number of benzene rings is 1. The monoisotopic (exact) mass is 352 g/mol. The maximum atomic E-state index is 12.5. The van der Waals surface area contributed by atoms with Gasteiger partial charge in [-0.05, 0) is 44.5 Å². The van der Waals surface area contributed by atoms with Gasteiger partial charge in [-0.2, -0.15) is 0 Å². The van der Waals surface area contributed by atoms with E-state index in [1.165, 1.54) is 7.11 Å². The highest BCUT2D eigenvalue weighted by atomic mass is 35.5. The molecule has 0 spiro atoms. The summed E-state index contributed by atoms with van der Waals surface area (Å²) in [4.78, 5) is 27.9. The normalized spacial score (nSPS) is 17.0. The van der Waals surface area contributed by atoms with Crippen molar-refractivity contribution in [3.05, 3.63) is 34.9 Å². The summed E-state index contributed by atoms with van der Waals surface area (Å²) in [6, 6.07) is 7.81. The van der Waals surface area contributed by atoms with Crippen LogP contribution in [-0.4, -0.2) is 55.5 Å². The fourth-order valence-corrected chi connectivity index (χ4v) is 3.10. The molecule has 0 unspecified atom stereocenters. The molecule has 1 heterocycles. The van der Waals surface area contributed by atoms with E-state index in [1.54, 1.807) is 0 Å². The molecule has 0 saturated carbocycles. The molecule has 0 radical (unpaired) electrons. The van der Waals surface area contributed by atoms with Gasteiger partial charge in [0.15, 0.2) is 0 Å². The summed E-state index contributed by atoms with van der Waals surface area (Å²) >= 11 is 5.92. The standard InChI is InChI=1S/C18H25ClN2O3/c1-13(14-4-6-16(19)7-5-14)20(2)12-17(22)21-10-8-15(9-11-21)18(23)24-3/h4-7,13,15H,8-12H2,1-3H3/t13-/m1/s1. The van der Waals surface area contributed by atoms with E-state index in [2.05, 4.69) is 6.92 Å². The van der Waals surface area contributed by atoms with Gasteiger partial charge in [-0.3, -0.25) is 14.5 Å². The molecule has 1 aromatic carbocycles. The van der Waals surface area contributed by atoms with Crippen LogP contribution in [0.4, 0.5) is 0 Å².